The zero-order chi connectivity index (χ0) is 15.6. The first-order valence-electron chi connectivity index (χ1n) is 8.50. The molecule has 1 saturated carbocycles. The van der Waals surface area contributed by atoms with Gasteiger partial charge in [0.2, 0.25) is 5.91 Å². The van der Waals surface area contributed by atoms with Crippen LogP contribution in [0.3, 0.4) is 0 Å². The van der Waals surface area contributed by atoms with Crippen molar-refractivity contribution in [1.29, 1.82) is 0 Å². The van der Waals surface area contributed by atoms with Crippen molar-refractivity contribution < 1.29 is 4.79 Å². The van der Waals surface area contributed by atoms with E-state index in [9.17, 15) is 4.79 Å². The van der Waals surface area contributed by atoms with Crippen LogP contribution in [0.15, 0.2) is 48.5 Å². The number of benzene rings is 2. The molecular formula is C20H22N2O. The zero-order valence-corrected chi connectivity index (χ0v) is 13.2. The molecule has 0 bridgehead atoms. The molecule has 0 radical (unpaired) electrons. The van der Waals surface area contributed by atoms with Crippen molar-refractivity contribution >= 4 is 11.6 Å². The van der Waals surface area contributed by atoms with Crippen LogP contribution in [0.5, 0.6) is 0 Å². The van der Waals surface area contributed by atoms with Crippen molar-refractivity contribution in [3.05, 3.63) is 65.2 Å². The van der Waals surface area contributed by atoms with Crippen molar-refractivity contribution in [3.8, 4) is 0 Å². The highest BCUT2D eigenvalue weighted by atomic mass is 16.1. The van der Waals surface area contributed by atoms with E-state index in [4.69, 9.17) is 0 Å². The van der Waals surface area contributed by atoms with Gasteiger partial charge in [-0.1, -0.05) is 42.5 Å². The summed E-state index contributed by atoms with van der Waals surface area (Å²) in [4.78, 5) is 11.9. The van der Waals surface area contributed by atoms with E-state index < -0.39 is 0 Å². The van der Waals surface area contributed by atoms with Gasteiger partial charge in [-0.25, -0.2) is 0 Å². The highest BCUT2D eigenvalue weighted by Gasteiger charge is 2.23. The fourth-order valence-corrected chi connectivity index (χ4v) is 3.29. The monoisotopic (exact) mass is 306 g/mol. The summed E-state index contributed by atoms with van der Waals surface area (Å²) in [5.74, 6) is 0.151. The van der Waals surface area contributed by atoms with E-state index in [-0.39, 0.29) is 5.91 Å². The zero-order valence-electron chi connectivity index (χ0n) is 13.2. The standard InChI is InChI=1S/C20H22N2O/c23-20(21-17-8-9-17)13-14-6-10-19-16(12-14)7-11-18(22-19)15-4-2-1-3-5-15/h1-6,10,12,17-18,22H,7-9,11,13H2,(H,21,23). The summed E-state index contributed by atoms with van der Waals surface area (Å²) in [5, 5.41) is 6.69. The lowest BCUT2D eigenvalue weighted by Gasteiger charge is -2.28. The molecule has 2 aromatic rings. The number of hydrogen-bond acceptors (Lipinski definition) is 2. The SMILES string of the molecule is O=C(Cc1ccc2c(c1)CCC(c1ccccc1)N2)NC1CC1. The molecule has 0 saturated heterocycles. The van der Waals surface area contributed by atoms with Gasteiger partial charge in [0.25, 0.3) is 0 Å². The van der Waals surface area contributed by atoms with Gasteiger partial charge in [0.05, 0.1) is 12.5 Å². The van der Waals surface area contributed by atoms with Crippen molar-refractivity contribution in [3.63, 3.8) is 0 Å². The van der Waals surface area contributed by atoms with E-state index in [2.05, 4.69) is 59.2 Å². The summed E-state index contributed by atoms with van der Waals surface area (Å²) in [7, 11) is 0. The number of carbonyl (C=O) groups is 1. The molecule has 1 aliphatic carbocycles. The summed E-state index contributed by atoms with van der Waals surface area (Å²) in [6.45, 7) is 0. The van der Waals surface area contributed by atoms with Crippen LogP contribution in [-0.4, -0.2) is 11.9 Å². The van der Waals surface area contributed by atoms with Crippen molar-refractivity contribution in [2.75, 3.05) is 5.32 Å². The average Bonchev–Trinajstić information content (AvgIpc) is 3.39. The van der Waals surface area contributed by atoms with Gasteiger partial charge >= 0.3 is 0 Å². The first-order valence-corrected chi connectivity index (χ1v) is 8.50. The first-order chi connectivity index (χ1) is 11.3. The number of rotatable bonds is 4. The van der Waals surface area contributed by atoms with Gasteiger partial charge in [-0.15, -0.1) is 0 Å². The molecule has 1 aliphatic heterocycles. The van der Waals surface area contributed by atoms with Crippen LogP contribution < -0.4 is 10.6 Å². The molecule has 1 atom stereocenters. The molecule has 2 aromatic carbocycles. The summed E-state index contributed by atoms with van der Waals surface area (Å²) < 4.78 is 0. The Morgan fingerprint density at radius 1 is 1.09 bits per heavy atom. The predicted octanol–water partition coefficient (Wildman–Crippen LogP) is 3.61. The van der Waals surface area contributed by atoms with Crippen molar-refractivity contribution in [2.45, 2.75) is 44.2 Å². The topological polar surface area (TPSA) is 41.1 Å². The number of anilines is 1. The Hall–Kier alpha value is -2.29. The normalized spacial score (nSPS) is 19.6. The number of carbonyl (C=O) groups excluding carboxylic acids is 1. The lowest BCUT2D eigenvalue weighted by molar-refractivity contribution is -0.120. The Bertz CT molecular complexity index is 707. The maximum atomic E-state index is 11.9. The van der Waals surface area contributed by atoms with Crippen molar-refractivity contribution in [1.82, 2.24) is 5.32 Å². The molecule has 118 valence electrons. The molecule has 0 spiro atoms. The van der Waals surface area contributed by atoms with E-state index in [0.29, 0.717) is 18.5 Å². The van der Waals surface area contributed by atoms with E-state index in [0.717, 1.165) is 31.2 Å². The van der Waals surface area contributed by atoms with E-state index in [1.54, 1.807) is 0 Å². The molecule has 1 heterocycles. The van der Waals surface area contributed by atoms with Gasteiger partial charge < -0.3 is 10.6 Å². The fourth-order valence-electron chi connectivity index (χ4n) is 3.29. The lowest BCUT2D eigenvalue weighted by atomic mass is 9.92. The average molecular weight is 306 g/mol. The Morgan fingerprint density at radius 2 is 1.91 bits per heavy atom. The Labute approximate surface area is 137 Å². The molecule has 0 aromatic heterocycles. The summed E-state index contributed by atoms with van der Waals surface area (Å²) in [6.07, 6.45) is 4.92. The minimum atomic E-state index is 0.151. The van der Waals surface area contributed by atoms with Crippen LogP contribution in [0.1, 0.15) is 42.0 Å². The highest BCUT2D eigenvalue weighted by molar-refractivity contribution is 5.79. The molecule has 3 heteroatoms. The van der Waals surface area contributed by atoms with Gasteiger partial charge in [0.15, 0.2) is 0 Å². The highest BCUT2D eigenvalue weighted by Crippen LogP contribution is 2.33. The maximum absolute atomic E-state index is 11.9. The minimum absolute atomic E-state index is 0.151. The fraction of sp³-hybridized carbons (Fsp3) is 0.350. The molecule has 1 amide bonds. The van der Waals surface area contributed by atoms with Crippen LogP contribution in [0.25, 0.3) is 0 Å². The van der Waals surface area contributed by atoms with Gasteiger partial charge in [-0.05, 0) is 48.4 Å². The first kappa shape index (κ1) is 14.3. The summed E-state index contributed by atoms with van der Waals surface area (Å²) >= 11 is 0. The van der Waals surface area contributed by atoms with Gasteiger partial charge in [-0.2, -0.15) is 0 Å². The smallest absolute Gasteiger partial charge is 0.224 e. The second-order valence-corrected chi connectivity index (χ2v) is 6.66. The maximum Gasteiger partial charge on any atom is 0.224 e. The van der Waals surface area contributed by atoms with Crippen LogP contribution in [0.4, 0.5) is 5.69 Å². The molecule has 2 N–H and O–H groups in total. The number of aryl methyl sites for hydroxylation is 1. The van der Waals surface area contributed by atoms with Gasteiger partial charge in [0, 0.05) is 11.7 Å². The largest absolute Gasteiger partial charge is 0.378 e. The van der Waals surface area contributed by atoms with Gasteiger partial charge in [0.1, 0.15) is 0 Å². The third kappa shape index (κ3) is 3.39. The lowest BCUT2D eigenvalue weighted by Crippen LogP contribution is -2.27. The molecular weight excluding hydrogens is 284 g/mol. The second-order valence-electron chi connectivity index (χ2n) is 6.66. The van der Waals surface area contributed by atoms with Gasteiger partial charge in [-0.3, -0.25) is 4.79 Å². The number of nitrogens with one attached hydrogen (secondary N) is 2. The summed E-state index contributed by atoms with van der Waals surface area (Å²) in [5.41, 5.74) is 4.98. The molecule has 23 heavy (non-hydrogen) atoms. The Morgan fingerprint density at radius 3 is 2.70 bits per heavy atom. The molecule has 1 fully saturated rings. The Balaban J connectivity index is 1.45. The second kappa shape index (κ2) is 6.07. The molecule has 4 rings (SSSR count). The van der Waals surface area contributed by atoms with E-state index in [1.807, 2.05) is 0 Å². The third-order valence-electron chi connectivity index (χ3n) is 4.71. The quantitative estimate of drug-likeness (QED) is 0.906. The predicted molar refractivity (Wildman–Crippen MR) is 92.4 cm³/mol. The molecule has 2 aliphatic rings. The van der Waals surface area contributed by atoms with Crippen LogP contribution in [-0.2, 0) is 17.6 Å². The van der Waals surface area contributed by atoms with Crippen LogP contribution >= 0.6 is 0 Å². The summed E-state index contributed by atoms with van der Waals surface area (Å²) in [6, 6.07) is 17.8. The number of fused-ring (bicyclic) bond motifs is 1. The van der Waals surface area contributed by atoms with E-state index >= 15 is 0 Å². The minimum Gasteiger partial charge on any atom is -0.378 e. The third-order valence-corrected chi connectivity index (χ3v) is 4.71. The Kier molecular flexibility index (Phi) is 3.78. The molecule has 3 nitrogen and oxygen atoms in total. The number of amides is 1. The molecule has 1 unspecified atom stereocenters. The number of hydrogen-bond donors (Lipinski definition) is 2. The van der Waals surface area contributed by atoms with E-state index in [1.165, 1.54) is 16.8 Å². The van der Waals surface area contributed by atoms with Crippen molar-refractivity contribution in [2.24, 2.45) is 0 Å². The van der Waals surface area contributed by atoms with Crippen LogP contribution in [0, 0.1) is 0 Å². The van der Waals surface area contributed by atoms with Crippen LogP contribution in [0.2, 0.25) is 0 Å².